The number of hydrogen-bond donors (Lipinski definition) is 1. The zero-order valence-corrected chi connectivity index (χ0v) is 7.37. The number of terminal acetylenes is 1. The Kier molecular flexibility index (Phi) is 6.14. The average Bonchev–Trinajstić information content (AvgIpc) is 2.11. The molecule has 0 radical (unpaired) electrons. The van der Waals surface area contributed by atoms with Crippen LogP contribution in [0.5, 0.6) is 0 Å². The molecule has 0 aromatic rings. The molecule has 12 heavy (non-hydrogen) atoms. The van der Waals surface area contributed by atoms with Gasteiger partial charge in [0.15, 0.2) is 0 Å². The molecule has 0 aliphatic heterocycles. The van der Waals surface area contributed by atoms with E-state index in [9.17, 15) is 5.11 Å². The first-order valence-corrected chi connectivity index (χ1v) is 4.12. The molecule has 0 aliphatic rings. The van der Waals surface area contributed by atoms with Crippen LogP contribution in [-0.2, 0) is 0 Å². The third-order valence-electron chi connectivity index (χ3n) is 1.75. The minimum atomic E-state index is -0.476. The zero-order chi connectivity index (χ0) is 9.40. The van der Waals surface area contributed by atoms with E-state index in [-0.39, 0.29) is 5.92 Å². The van der Waals surface area contributed by atoms with E-state index in [0.29, 0.717) is 6.42 Å². The number of aliphatic hydroxyl groups excluding tert-OH is 1. The summed E-state index contributed by atoms with van der Waals surface area (Å²) in [5, 5.41) is 9.22. The fourth-order valence-corrected chi connectivity index (χ4v) is 0.976. The maximum atomic E-state index is 9.22. The maximum Gasteiger partial charge on any atom is 0.0730 e. The molecule has 0 fully saturated rings. The summed E-state index contributed by atoms with van der Waals surface area (Å²) in [7, 11) is 0. The predicted molar refractivity (Wildman–Crippen MR) is 52.6 cm³/mol. The summed E-state index contributed by atoms with van der Waals surface area (Å²) >= 11 is 0. The van der Waals surface area contributed by atoms with Gasteiger partial charge in [-0.15, -0.1) is 25.5 Å². The van der Waals surface area contributed by atoms with E-state index in [1.165, 1.54) is 6.08 Å². The van der Waals surface area contributed by atoms with Crippen molar-refractivity contribution in [3.05, 3.63) is 25.3 Å². The molecule has 0 saturated heterocycles. The lowest BCUT2D eigenvalue weighted by molar-refractivity contribution is 0.197. The normalized spacial score (nSPS) is 14.3. The molecule has 0 unspecified atom stereocenters. The van der Waals surface area contributed by atoms with E-state index < -0.39 is 6.10 Å². The minimum Gasteiger partial charge on any atom is -0.389 e. The van der Waals surface area contributed by atoms with Crippen LogP contribution >= 0.6 is 0 Å². The molecule has 2 atom stereocenters. The van der Waals surface area contributed by atoms with Gasteiger partial charge in [-0.2, -0.15) is 0 Å². The lowest BCUT2D eigenvalue weighted by atomic mass is 9.97. The first kappa shape index (κ1) is 11.0. The predicted octanol–water partition coefficient (Wildman–Crippen LogP) is 2.14. The van der Waals surface area contributed by atoms with E-state index in [1.54, 1.807) is 0 Å². The molecule has 1 N–H and O–H groups in total. The number of hydrogen-bond acceptors (Lipinski definition) is 1. The number of aliphatic hydroxyl groups is 1. The van der Waals surface area contributed by atoms with Gasteiger partial charge in [0.1, 0.15) is 0 Å². The Labute approximate surface area is 74.8 Å². The molecule has 0 spiro atoms. The van der Waals surface area contributed by atoms with Crippen LogP contribution in [-0.4, -0.2) is 11.2 Å². The Morgan fingerprint density at radius 2 is 2.17 bits per heavy atom. The van der Waals surface area contributed by atoms with Crippen LogP contribution in [0.2, 0.25) is 0 Å². The van der Waals surface area contributed by atoms with Gasteiger partial charge in [-0.25, -0.2) is 0 Å². The van der Waals surface area contributed by atoms with Crippen LogP contribution < -0.4 is 0 Å². The highest BCUT2D eigenvalue weighted by Crippen LogP contribution is 2.13. The lowest BCUT2D eigenvalue weighted by Gasteiger charge is -2.11. The van der Waals surface area contributed by atoms with Crippen molar-refractivity contribution in [3.63, 3.8) is 0 Å². The summed E-state index contributed by atoms with van der Waals surface area (Å²) in [4.78, 5) is 0. The first-order valence-electron chi connectivity index (χ1n) is 4.12. The molecular formula is C11H16O. The molecule has 0 aromatic carbocycles. The SMILES string of the molecule is C#C[C@@H](CCC=C)C[C@@H](O)C=C. The van der Waals surface area contributed by atoms with Crippen molar-refractivity contribution in [2.75, 3.05) is 0 Å². The third-order valence-corrected chi connectivity index (χ3v) is 1.75. The Morgan fingerprint density at radius 3 is 2.58 bits per heavy atom. The average molecular weight is 164 g/mol. The van der Waals surface area contributed by atoms with E-state index >= 15 is 0 Å². The molecule has 1 nitrogen and oxygen atoms in total. The number of allylic oxidation sites excluding steroid dienone is 1. The van der Waals surface area contributed by atoms with E-state index in [2.05, 4.69) is 19.1 Å². The molecule has 0 aliphatic carbocycles. The second-order valence-electron chi connectivity index (χ2n) is 2.77. The van der Waals surface area contributed by atoms with Crippen LogP contribution in [0, 0.1) is 18.3 Å². The van der Waals surface area contributed by atoms with Crippen molar-refractivity contribution in [1.29, 1.82) is 0 Å². The summed E-state index contributed by atoms with van der Waals surface area (Å²) in [5.41, 5.74) is 0. The van der Waals surface area contributed by atoms with Crippen LogP contribution in [0.15, 0.2) is 25.3 Å². The standard InChI is InChI=1S/C11H16O/c1-4-7-8-10(5-2)9-11(12)6-3/h2,4,6,10-12H,1,3,7-9H2/t10-,11-/m0/s1. The van der Waals surface area contributed by atoms with Crippen molar-refractivity contribution in [2.24, 2.45) is 5.92 Å². The molecule has 0 saturated carbocycles. The monoisotopic (exact) mass is 164 g/mol. The Hall–Kier alpha value is -1.00. The molecule has 1 heteroatoms. The third kappa shape index (κ3) is 4.76. The second-order valence-corrected chi connectivity index (χ2v) is 2.77. The molecule has 0 amide bonds. The molecule has 0 aromatic heterocycles. The first-order chi connectivity index (χ1) is 5.74. The van der Waals surface area contributed by atoms with Gasteiger partial charge >= 0.3 is 0 Å². The highest BCUT2D eigenvalue weighted by atomic mass is 16.3. The molecule has 0 heterocycles. The fraction of sp³-hybridized carbons (Fsp3) is 0.455. The Balaban J connectivity index is 3.75. The van der Waals surface area contributed by atoms with Gasteiger partial charge in [0, 0.05) is 5.92 Å². The van der Waals surface area contributed by atoms with Crippen molar-refractivity contribution in [1.82, 2.24) is 0 Å². The highest BCUT2D eigenvalue weighted by molar-refractivity contribution is 4.96. The van der Waals surface area contributed by atoms with Crippen molar-refractivity contribution in [2.45, 2.75) is 25.4 Å². The Morgan fingerprint density at radius 1 is 1.50 bits per heavy atom. The topological polar surface area (TPSA) is 20.2 Å². The van der Waals surface area contributed by atoms with Gasteiger partial charge in [0.25, 0.3) is 0 Å². The molecular weight excluding hydrogens is 148 g/mol. The quantitative estimate of drug-likeness (QED) is 0.471. The van der Waals surface area contributed by atoms with E-state index in [0.717, 1.165) is 12.8 Å². The fourth-order valence-electron chi connectivity index (χ4n) is 0.976. The van der Waals surface area contributed by atoms with Crippen LogP contribution in [0.1, 0.15) is 19.3 Å². The van der Waals surface area contributed by atoms with Gasteiger partial charge < -0.3 is 5.11 Å². The van der Waals surface area contributed by atoms with Gasteiger partial charge in [-0.1, -0.05) is 12.2 Å². The van der Waals surface area contributed by atoms with Crippen LogP contribution in [0.3, 0.4) is 0 Å². The molecule has 66 valence electrons. The lowest BCUT2D eigenvalue weighted by Crippen LogP contribution is -2.09. The summed E-state index contributed by atoms with van der Waals surface area (Å²) in [6.45, 7) is 7.10. The summed E-state index contributed by atoms with van der Waals surface area (Å²) in [5.74, 6) is 2.78. The van der Waals surface area contributed by atoms with Crippen molar-refractivity contribution < 1.29 is 5.11 Å². The van der Waals surface area contributed by atoms with E-state index in [4.69, 9.17) is 6.42 Å². The molecule has 0 rings (SSSR count). The zero-order valence-electron chi connectivity index (χ0n) is 7.37. The summed E-state index contributed by atoms with van der Waals surface area (Å²) in [6.07, 6.45) is 10.6. The summed E-state index contributed by atoms with van der Waals surface area (Å²) < 4.78 is 0. The largest absolute Gasteiger partial charge is 0.389 e. The van der Waals surface area contributed by atoms with Gasteiger partial charge in [-0.05, 0) is 19.3 Å². The minimum absolute atomic E-state index is 0.135. The Bertz CT molecular complexity index is 176. The van der Waals surface area contributed by atoms with Crippen LogP contribution in [0.4, 0.5) is 0 Å². The van der Waals surface area contributed by atoms with E-state index in [1.807, 2.05) is 6.08 Å². The van der Waals surface area contributed by atoms with Gasteiger partial charge in [-0.3, -0.25) is 0 Å². The molecule has 0 bridgehead atoms. The second kappa shape index (κ2) is 6.69. The van der Waals surface area contributed by atoms with Gasteiger partial charge in [0.2, 0.25) is 0 Å². The van der Waals surface area contributed by atoms with Crippen molar-refractivity contribution >= 4 is 0 Å². The highest BCUT2D eigenvalue weighted by Gasteiger charge is 2.08. The summed E-state index contributed by atoms with van der Waals surface area (Å²) in [6, 6.07) is 0. The van der Waals surface area contributed by atoms with Crippen LogP contribution in [0.25, 0.3) is 0 Å². The maximum absolute atomic E-state index is 9.22. The number of rotatable bonds is 6. The smallest absolute Gasteiger partial charge is 0.0730 e. The van der Waals surface area contributed by atoms with Gasteiger partial charge in [0.05, 0.1) is 6.10 Å². The van der Waals surface area contributed by atoms with Crippen molar-refractivity contribution in [3.8, 4) is 12.3 Å².